The SMILES string of the molecule is COC(=O)N[C@H](C#N)Cc1cn(S(=O)(=O)c2ccc(C)cc2)c2ccccc12. The van der Waals surface area contributed by atoms with E-state index in [0.717, 1.165) is 5.56 Å². The molecule has 0 radical (unpaired) electrons. The summed E-state index contributed by atoms with van der Waals surface area (Å²) >= 11 is 0. The third-order valence-corrected chi connectivity index (χ3v) is 6.08. The van der Waals surface area contributed by atoms with Crippen LogP contribution in [0.4, 0.5) is 4.79 Å². The number of nitriles is 1. The summed E-state index contributed by atoms with van der Waals surface area (Å²) in [5, 5.41) is 12.5. The Morgan fingerprint density at radius 2 is 1.89 bits per heavy atom. The molecule has 3 rings (SSSR count). The maximum absolute atomic E-state index is 13.2. The number of para-hydroxylation sites is 1. The van der Waals surface area contributed by atoms with Gasteiger partial charge in [0.05, 0.1) is 23.6 Å². The van der Waals surface area contributed by atoms with Gasteiger partial charge in [0.15, 0.2) is 0 Å². The topological polar surface area (TPSA) is 101 Å². The Hall–Kier alpha value is -3.31. The first-order chi connectivity index (χ1) is 13.4. The molecule has 0 aliphatic heterocycles. The average Bonchev–Trinajstić information content (AvgIpc) is 3.07. The number of aromatic nitrogens is 1. The van der Waals surface area contributed by atoms with Crippen LogP contribution in [0, 0.1) is 18.3 Å². The van der Waals surface area contributed by atoms with Crippen molar-refractivity contribution < 1.29 is 17.9 Å². The van der Waals surface area contributed by atoms with Crippen LogP contribution in [0.3, 0.4) is 0 Å². The molecule has 144 valence electrons. The number of carbonyl (C=O) groups excluding carboxylic acids is 1. The van der Waals surface area contributed by atoms with E-state index in [1.165, 1.54) is 17.3 Å². The molecule has 0 saturated heterocycles. The van der Waals surface area contributed by atoms with Crippen molar-refractivity contribution in [3.63, 3.8) is 0 Å². The fourth-order valence-corrected chi connectivity index (χ4v) is 4.34. The number of fused-ring (bicyclic) bond motifs is 1. The first-order valence-corrected chi connectivity index (χ1v) is 9.96. The summed E-state index contributed by atoms with van der Waals surface area (Å²) in [6.07, 6.45) is 0.925. The Morgan fingerprint density at radius 1 is 1.21 bits per heavy atom. The van der Waals surface area contributed by atoms with E-state index in [-0.39, 0.29) is 11.3 Å². The van der Waals surface area contributed by atoms with Crippen LogP contribution in [-0.4, -0.2) is 31.6 Å². The molecule has 3 aromatic rings. The molecule has 1 N–H and O–H groups in total. The molecule has 0 saturated carbocycles. The zero-order valence-corrected chi connectivity index (χ0v) is 16.2. The van der Waals surface area contributed by atoms with Crippen molar-refractivity contribution in [2.24, 2.45) is 0 Å². The van der Waals surface area contributed by atoms with Crippen molar-refractivity contribution in [2.75, 3.05) is 7.11 Å². The van der Waals surface area contributed by atoms with Gasteiger partial charge in [-0.15, -0.1) is 0 Å². The lowest BCUT2D eigenvalue weighted by atomic mass is 10.1. The number of methoxy groups -OCH3 is 1. The molecule has 7 nitrogen and oxygen atoms in total. The summed E-state index contributed by atoms with van der Waals surface area (Å²) in [4.78, 5) is 11.6. The van der Waals surface area contributed by atoms with Gasteiger partial charge in [-0.2, -0.15) is 5.26 Å². The van der Waals surface area contributed by atoms with Crippen molar-refractivity contribution in [3.8, 4) is 6.07 Å². The van der Waals surface area contributed by atoms with Gasteiger partial charge in [-0.05, 0) is 30.7 Å². The standard InChI is InChI=1S/C20H19N3O4S/c1-14-7-9-17(10-8-14)28(25,26)23-13-15(18-5-3-4-6-19(18)23)11-16(12-21)22-20(24)27-2/h3-10,13,16H,11H2,1-2H3,(H,22,24)/t16-/m0/s1. The van der Waals surface area contributed by atoms with Crippen molar-refractivity contribution in [2.45, 2.75) is 24.3 Å². The summed E-state index contributed by atoms with van der Waals surface area (Å²) in [5.41, 5.74) is 2.10. The molecular weight excluding hydrogens is 378 g/mol. The Kier molecular flexibility index (Phi) is 5.38. The van der Waals surface area contributed by atoms with Crippen LogP contribution in [-0.2, 0) is 21.2 Å². The number of hydrogen-bond acceptors (Lipinski definition) is 5. The van der Waals surface area contributed by atoms with Crippen molar-refractivity contribution in [1.29, 1.82) is 5.26 Å². The second kappa shape index (κ2) is 7.74. The fraction of sp³-hybridized carbons (Fsp3) is 0.200. The van der Waals surface area contributed by atoms with Crippen molar-refractivity contribution in [3.05, 3.63) is 65.9 Å². The minimum absolute atomic E-state index is 0.141. The van der Waals surface area contributed by atoms with Crippen LogP contribution >= 0.6 is 0 Å². The van der Waals surface area contributed by atoms with Gasteiger partial charge in [0.25, 0.3) is 10.0 Å². The summed E-state index contributed by atoms with van der Waals surface area (Å²) in [5.74, 6) is 0. The van der Waals surface area contributed by atoms with Gasteiger partial charge in [0.2, 0.25) is 0 Å². The number of aryl methyl sites for hydroxylation is 1. The molecule has 0 unspecified atom stereocenters. The van der Waals surface area contributed by atoms with E-state index in [1.54, 1.807) is 48.5 Å². The van der Waals surface area contributed by atoms with Crippen LogP contribution in [0.1, 0.15) is 11.1 Å². The molecule has 0 aliphatic carbocycles. The number of alkyl carbamates (subject to hydrolysis) is 1. The highest BCUT2D eigenvalue weighted by Gasteiger charge is 2.23. The molecule has 0 bridgehead atoms. The maximum Gasteiger partial charge on any atom is 0.407 e. The molecule has 1 amide bonds. The highest BCUT2D eigenvalue weighted by atomic mass is 32.2. The Balaban J connectivity index is 2.07. The summed E-state index contributed by atoms with van der Waals surface area (Å²) < 4.78 is 32.1. The molecule has 2 aromatic carbocycles. The second-order valence-corrected chi connectivity index (χ2v) is 8.12. The van der Waals surface area contributed by atoms with Gasteiger partial charge in [-0.1, -0.05) is 35.9 Å². The lowest BCUT2D eigenvalue weighted by molar-refractivity contribution is 0.169. The smallest absolute Gasteiger partial charge is 0.407 e. The van der Waals surface area contributed by atoms with E-state index in [9.17, 15) is 18.5 Å². The predicted molar refractivity (Wildman–Crippen MR) is 104 cm³/mol. The Bertz CT molecular complexity index is 1160. The number of nitrogens with one attached hydrogen (secondary N) is 1. The van der Waals surface area contributed by atoms with Crippen LogP contribution in [0.5, 0.6) is 0 Å². The molecule has 1 aromatic heterocycles. The first kappa shape index (κ1) is 19.5. The largest absolute Gasteiger partial charge is 0.453 e. The fourth-order valence-electron chi connectivity index (χ4n) is 2.95. The summed E-state index contributed by atoms with van der Waals surface area (Å²) in [6.45, 7) is 1.88. The third-order valence-electron chi connectivity index (χ3n) is 4.40. The van der Waals surface area contributed by atoms with Gasteiger partial charge in [0, 0.05) is 18.0 Å². The number of rotatable bonds is 5. The zero-order chi connectivity index (χ0) is 20.3. The van der Waals surface area contributed by atoms with E-state index >= 15 is 0 Å². The minimum Gasteiger partial charge on any atom is -0.453 e. The van der Waals surface area contributed by atoms with Crippen LogP contribution in [0.15, 0.2) is 59.6 Å². The van der Waals surface area contributed by atoms with E-state index in [0.29, 0.717) is 16.5 Å². The number of carbonyl (C=O) groups is 1. The van der Waals surface area contributed by atoms with E-state index in [2.05, 4.69) is 10.1 Å². The second-order valence-electron chi connectivity index (χ2n) is 6.31. The molecule has 28 heavy (non-hydrogen) atoms. The number of nitrogens with zero attached hydrogens (tertiary/aromatic N) is 2. The Labute approximate surface area is 163 Å². The summed E-state index contributed by atoms with van der Waals surface area (Å²) in [7, 11) is -2.60. The molecule has 0 fully saturated rings. The zero-order valence-electron chi connectivity index (χ0n) is 15.4. The quantitative estimate of drug-likeness (QED) is 0.713. The van der Waals surface area contributed by atoms with Crippen molar-refractivity contribution >= 4 is 27.0 Å². The Morgan fingerprint density at radius 3 is 2.54 bits per heavy atom. The normalized spacial score (nSPS) is 12.3. The molecule has 1 atom stereocenters. The number of benzene rings is 2. The molecule has 8 heteroatoms. The monoisotopic (exact) mass is 397 g/mol. The predicted octanol–water partition coefficient (Wildman–Crippen LogP) is 2.98. The van der Waals surface area contributed by atoms with E-state index in [4.69, 9.17) is 0 Å². The van der Waals surface area contributed by atoms with E-state index in [1.807, 2.05) is 13.0 Å². The average molecular weight is 397 g/mol. The highest BCUT2D eigenvalue weighted by Crippen LogP contribution is 2.27. The number of ether oxygens (including phenoxy) is 1. The number of amides is 1. The van der Waals surface area contributed by atoms with Gasteiger partial charge in [-0.3, -0.25) is 0 Å². The molecule has 0 aliphatic rings. The maximum atomic E-state index is 13.2. The van der Waals surface area contributed by atoms with Crippen LogP contribution < -0.4 is 5.32 Å². The van der Waals surface area contributed by atoms with Gasteiger partial charge < -0.3 is 10.1 Å². The lowest BCUT2D eigenvalue weighted by Crippen LogP contribution is -2.35. The van der Waals surface area contributed by atoms with Gasteiger partial charge in [0.1, 0.15) is 6.04 Å². The first-order valence-electron chi connectivity index (χ1n) is 8.52. The van der Waals surface area contributed by atoms with Crippen LogP contribution in [0.2, 0.25) is 0 Å². The van der Waals surface area contributed by atoms with Crippen LogP contribution in [0.25, 0.3) is 10.9 Å². The van der Waals surface area contributed by atoms with Gasteiger partial charge >= 0.3 is 6.09 Å². The third kappa shape index (κ3) is 3.70. The molecular formula is C20H19N3O4S. The lowest BCUT2D eigenvalue weighted by Gasteiger charge is -2.09. The number of hydrogen-bond donors (Lipinski definition) is 1. The van der Waals surface area contributed by atoms with Crippen molar-refractivity contribution in [1.82, 2.24) is 9.29 Å². The van der Waals surface area contributed by atoms with E-state index < -0.39 is 22.2 Å². The summed E-state index contributed by atoms with van der Waals surface area (Å²) in [6, 6.07) is 14.8. The molecule has 1 heterocycles. The molecule has 0 spiro atoms. The minimum atomic E-state index is -3.81. The van der Waals surface area contributed by atoms with Gasteiger partial charge in [-0.25, -0.2) is 17.2 Å². The highest BCUT2D eigenvalue weighted by molar-refractivity contribution is 7.90.